The number of aromatic nitrogens is 2. The molecule has 0 saturated carbocycles. The highest BCUT2D eigenvalue weighted by molar-refractivity contribution is 5.14. The average molecular weight is 301 g/mol. The summed E-state index contributed by atoms with van der Waals surface area (Å²) >= 11 is 0. The fraction of sp³-hybridized carbons (Fsp3) is 0.500. The molecule has 3 rings (SSSR count). The standard InChI is InChI=1S/C16H23N5O/c1-13-10-20(11-14-5-3-2-4-6-14)7-8-21(13)12-15-18-16(9-17)22-19-15/h2-6,13H,7-12,17H2,1H3. The fourth-order valence-electron chi connectivity index (χ4n) is 2.91. The molecular weight excluding hydrogens is 278 g/mol. The third-order valence-corrected chi connectivity index (χ3v) is 4.13. The van der Waals surface area contributed by atoms with E-state index in [-0.39, 0.29) is 0 Å². The summed E-state index contributed by atoms with van der Waals surface area (Å²) in [6.07, 6.45) is 0. The van der Waals surface area contributed by atoms with Gasteiger partial charge in [-0.25, -0.2) is 0 Å². The van der Waals surface area contributed by atoms with E-state index in [2.05, 4.69) is 57.2 Å². The van der Waals surface area contributed by atoms with Gasteiger partial charge < -0.3 is 10.3 Å². The van der Waals surface area contributed by atoms with Crippen LogP contribution in [-0.4, -0.2) is 45.6 Å². The van der Waals surface area contributed by atoms with Gasteiger partial charge >= 0.3 is 0 Å². The Morgan fingerprint density at radius 1 is 1.23 bits per heavy atom. The number of benzene rings is 1. The topological polar surface area (TPSA) is 71.4 Å². The molecule has 0 spiro atoms. The molecule has 0 bridgehead atoms. The van der Waals surface area contributed by atoms with Crippen LogP contribution in [0, 0.1) is 0 Å². The summed E-state index contributed by atoms with van der Waals surface area (Å²) in [5.41, 5.74) is 6.87. The zero-order chi connectivity index (χ0) is 15.4. The molecule has 1 atom stereocenters. The summed E-state index contributed by atoms with van der Waals surface area (Å²) in [5, 5.41) is 3.98. The molecular formula is C16H23N5O. The first-order valence-corrected chi connectivity index (χ1v) is 7.76. The van der Waals surface area contributed by atoms with Crippen LogP contribution in [0.1, 0.15) is 24.2 Å². The second-order valence-electron chi connectivity index (χ2n) is 5.85. The Hall–Kier alpha value is -1.76. The van der Waals surface area contributed by atoms with Gasteiger partial charge in [0.2, 0.25) is 5.89 Å². The highest BCUT2D eigenvalue weighted by atomic mass is 16.5. The summed E-state index contributed by atoms with van der Waals surface area (Å²) in [6.45, 7) is 7.41. The summed E-state index contributed by atoms with van der Waals surface area (Å²) in [6, 6.07) is 11.1. The third-order valence-electron chi connectivity index (χ3n) is 4.13. The quantitative estimate of drug-likeness (QED) is 0.896. The van der Waals surface area contributed by atoms with Gasteiger partial charge in [-0.05, 0) is 12.5 Å². The van der Waals surface area contributed by atoms with E-state index in [0.717, 1.165) is 38.5 Å². The average Bonchev–Trinajstić information content (AvgIpc) is 2.99. The molecule has 1 fully saturated rings. The number of piperazine rings is 1. The minimum atomic E-state index is 0.299. The van der Waals surface area contributed by atoms with E-state index in [1.54, 1.807) is 0 Å². The van der Waals surface area contributed by atoms with Crippen molar-refractivity contribution in [2.45, 2.75) is 32.6 Å². The fourth-order valence-corrected chi connectivity index (χ4v) is 2.91. The predicted octanol–water partition coefficient (Wildman–Crippen LogP) is 1.23. The normalized spacial score (nSPS) is 20.4. The summed E-state index contributed by atoms with van der Waals surface area (Å²) in [7, 11) is 0. The minimum absolute atomic E-state index is 0.299. The molecule has 0 amide bonds. The van der Waals surface area contributed by atoms with Crippen molar-refractivity contribution in [2.75, 3.05) is 19.6 Å². The molecule has 118 valence electrons. The molecule has 1 aliphatic rings. The van der Waals surface area contributed by atoms with Gasteiger partial charge in [-0.3, -0.25) is 9.80 Å². The second-order valence-corrected chi connectivity index (χ2v) is 5.85. The van der Waals surface area contributed by atoms with E-state index < -0.39 is 0 Å². The van der Waals surface area contributed by atoms with Crippen LogP contribution in [0.5, 0.6) is 0 Å². The van der Waals surface area contributed by atoms with Crippen LogP contribution >= 0.6 is 0 Å². The van der Waals surface area contributed by atoms with Crippen molar-refractivity contribution in [3.8, 4) is 0 Å². The van der Waals surface area contributed by atoms with Crippen LogP contribution in [0.3, 0.4) is 0 Å². The van der Waals surface area contributed by atoms with E-state index in [4.69, 9.17) is 10.3 Å². The molecule has 22 heavy (non-hydrogen) atoms. The van der Waals surface area contributed by atoms with Gasteiger partial charge in [0, 0.05) is 32.2 Å². The zero-order valence-corrected chi connectivity index (χ0v) is 13.0. The predicted molar refractivity (Wildman–Crippen MR) is 83.8 cm³/mol. The lowest BCUT2D eigenvalue weighted by Gasteiger charge is -2.39. The van der Waals surface area contributed by atoms with Gasteiger partial charge in [0.15, 0.2) is 5.82 Å². The highest BCUT2D eigenvalue weighted by Crippen LogP contribution is 2.15. The maximum Gasteiger partial charge on any atom is 0.240 e. The zero-order valence-electron chi connectivity index (χ0n) is 13.0. The largest absolute Gasteiger partial charge is 0.338 e. The molecule has 1 aliphatic heterocycles. The molecule has 6 heteroatoms. The third kappa shape index (κ3) is 3.71. The smallest absolute Gasteiger partial charge is 0.240 e. The van der Waals surface area contributed by atoms with E-state index in [1.165, 1.54) is 5.56 Å². The van der Waals surface area contributed by atoms with Gasteiger partial charge in [0.05, 0.1) is 13.1 Å². The van der Waals surface area contributed by atoms with Crippen LogP contribution in [-0.2, 0) is 19.6 Å². The Kier molecular flexibility index (Phi) is 4.82. The second kappa shape index (κ2) is 7.00. The first kappa shape index (κ1) is 15.1. The number of nitrogens with two attached hydrogens (primary N) is 1. The van der Waals surface area contributed by atoms with Crippen molar-refractivity contribution in [2.24, 2.45) is 5.73 Å². The van der Waals surface area contributed by atoms with E-state index >= 15 is 0 Å². The molecule has 2 heterocycles. The Bertz CT molecular complexity index is 585. The van der Waals surface area contributed by atoms with E-state index in [1.807, 2.05) is 0 Å². The van der Waals surface area contributed by atoms with Crippen LogP contribution < -0.4 is 5.73 Å². The molecule has 1 aromatic carbocycles. The van der Waals surface area contributed by atoms with E-state index in [0.29, 0.717) is 18.5 Å². The van der Waals surface area contributed by atoms with Crippen molar-refractivity contribution in [1.82, 2.24) is 19.9 Å². The van der Waals surface area contributed by atoms with E-state index in [9.17, 15) is 0 Å². The lowest BCUT2D eigenvalue weighted by molar-refractivity contribution is 0.0708. The van der Waals surface area contributed by atoms with Gasteiger partial charge in [-0.1, -0.05) is 35.5 Å². The van der Waals surface area contributed by atoms with Crippen molar-refractivity contribution >= 4 is 0 Å². The van der Waals surface area contributed by atoms with Crippen LogP contribution in [0.25, 0.3) is 0 Å². The van der Waals surface area contributed by atoms with Crippen LogP contribution in [0.15, 0.2) is 34.9 Å². The molecule has 2 aromatic rings. The molecule has 1 saturated heterocycles. The Morgan fingerprint density at radius 3 is 2.73 bits per heavy atom. The number of hydrogen-bond acceptors (Lipinski definition) is 6. The molecule has 0 aliphatic carbocycles. The monoisotopic (exact) mass is 301 g/mol. The van der Waals surface area contributed by atoms with Crippen molar-refractivity contribution < 1.29 is 4.52 Å². The first-order valence-electron chi connectivity index (χ1n) is 7.76. The first-order chi connectivity index (χ1) is 10.7. The van der Waals surface area contributed by atoms with Gasteiger partial charge in [-0.2, -0.15) is 4.98 Å². The maximum absolute atomic E-state index is 5.50. The molecule has 2 N–H and O–H groups in total. The molecule has 1 unspecified atom stereocenters. The van der Waals surface area contributed by atoms with Crippen molar-refractivity contribution in [3.05, 3.63) is 47.6 Å². The Balaban J connectivity index is 1.53. The summed E-state index contributed by atoms with van der Waals surface area (Å²) in [5.74, 6) is 1.23. The maximum atomic E-state index is 5.50. The highest BCUT2D eigenvalue weighted by Gasteiger charge is 2.24. The molecule has 6 nitrogen and oxygen atoms in total. The van der Waals surface area contributed by atoms with Gasteiger partial charge in [0.25, 0.3) is 0 Å². The molecule has 1 aromatic heterocycles. The van der Waals surface area contributed by atoms with Crippen molar-refractivity contribution in [3.63, 3.8) is 0 Å². The summed E-state index contributed by atoms with van der Waals surface area (Å²) < 4.78 is 5.07. The lowest BCUT2D eigenvalue weighted by Crippen LogP contribution is -2.51. The van der Waals surface area contributed by atoms with Crippen LogP contribution in [0.2, 0.25) is 0 Å². The Morgan fingerprint density at radius 2 is 2.05 bits per heavy atom. The summed E-state index contributed by atoms with van der Waals surface area (Å²) in [4.78, 5) is 9.18. The van der Waals surface area contributed by atoms with Crippen LogP contribution in [0.4, 0.5) is 0 Å². The lowest BCUT2D eigenvalue weighted by atomic mass is 10.1. The van der Waals surface area contributed by atoms with Gasteiger partial charge in [0.1, 0.15) is 0 Å². The SMILES string of the molecule is CC1CN(Cc2ccccc2)CCN1Cc1noc(CN)n1. The number of nitrogens with zero attached hydrogens (tertiary/aromatic N) is 4. The Labute approximate surface area is 130 Å². The minimum Gasteiger partial charge on any atom is -0.338 e. The number of hydrogen-bond donors (Lipinski definition) is 1. The van der Waals surface area contributed by atoms with Gasteiger partial charge in [-0.15, -0.1) is 0 Å². The number of rotatable bonds is 5. The van der Waals surface area contributed by atoms with Crippen molar-refractivity contribution in [1.29, 1.82) is 0 Å². The molecule has 0 radical (unpaired) electrons.